The number of benzene rings is 3. The van der Waals surface area contributed by atoms with E-state index in [0.29, 0.717) is 40.1 Å². The van der Waals surface area contributed by atoms with Gasteiger partial charge < -0.3 is 19.1 Å². The van der Waals surface area contributed by atoms with Gasteiger partial charge in [0.05, 0.1) is 12.1 Å². The lowest BCUT2D eigenvalue weighted by Gasteiger charge is -2.23. The predicted molar refractivity (Wildman–Crippen MR) is 108 cm³/mol. The molecule has 0 fully saturated rings. The van der Waals surface area contributed by atoms with Crippen LogP contribution in [0.1, 0.15) is 22.3 Å². The molecule has 33 heavy (non-hydrogen) atoms. The van der Waals surface area contributed by atoms with E-state index in [1.807, 2.05) is 6.07 Å². The average Bonchev–Trinajstić information content (AvgIpc) is 3.44. The second kappa shape index (κ2) is 6.63. The van der Waals surface area contributed by atoms with E-state index in [1.165, 1.54) is 11.0 Å². The number of amides is 1. The van der Waals surface area contributed by atoms with Gasteiger partial charge in [-0.05, 0) is 35.4 Å². The molecule has 0 saturated heterocycles. The molecule has 168 valence electrons. The number of nitrogens with zero attached hydrogens (tertiary/aromatic N) is 1. The van der Waals surface area contributed by atoms with Gasteiger partial charge in [0.2, 0.25) is 12.7 Å². The summed E-state index contributed by atoms with van der Waals surface area (Å²) in [6.07, 6.45) is -4.79. The Labute approximate surface area is 185 Å². The first-order valence-electron chi connectivity index (χ1n) is 10.1. The summed E-state index contributed by atoms with van der Waals surface area (Å²) in [5.41, 5.74) is -0.310. The molecular formula is C24H15F4NO4. The molecule has 1 atom stereocenters. The molecule has 1 amide bonds. The van der Waals surface area contributed by atoms with E-state index in [-0.39, 0.29) is 31.4 Å². The first kappa shape index (κ1) is 19.9. The maximum absolute atomic E-state index is 14.2. The number of halogens is 4. The Hall–Kier alpha value is -3.75. The Morgan fingerprint density at radius 2 is 1.67 bits per heavy atom. The molecule has 0 bridgehead atoms. The van der Waals surface area contributed by atoms with Gasteiger partial charge in [-0.3, -0.25) is 4.79 Å². The molecule has 0 aliphatic carbocycles. The number of ether oxygens (including phenoxy) is 3. The fourth-order valence-electron chi connectivity index (χ4n) is 4.79. The zero-order chi connectivity index (χ0) is 23.0. The highest BCUT2D eigenvalue weighted by Gasteiger charge is 2.57. The van der Waals surface area contributed by atoms with Crippen LogP contribution >= 0.6 is 0 Å². The molecule has 5 nitrogen and oxygen atoms in total. The molecule has 0 N–H and O–H groups in total. The number of rotatable bonds is 2. The molecule has 1 spiro atoms. The third kappa shape index (κ3) is 2.74. The Morgan fingerprint density at radius 3 is 2.42 bits per heavy atom. The standard InChI is InChI=1S/C24H15F4NO4/c25-17-7-13(5-6-14(17)24(26,27)28)10-29-18-4-2-1-3-15(18)23(22(29)30)11-31-19-9-21-20(8-16(19)23)32-12-33-21/h1-9H,10-12H2. The van der Waals surface area contributed by atoms with E-state index in [2.05, 4.69) is 0 Å². The van der Waals surface area contributed by atoms with E-state index in [9.17, 15) is 22.4 Å². The van der Waals surface area contributed by atoms with Crippen molar-refractivity contribution >= 4 is 11.6 Å². The van der Waals surface area contributed by atoms with Crippen molar-refractivity contribution in [1.82, 2.24) is 0 Å². The number of carbonyl (C=O) groups excluding carboxylic acids is 1. The Kier molecular flexibility index (Phi) is 4.00. The van der Waals surface area contributed by atoms with Gasteiger partial charge >= 0.3 is 6.18 Å². The number of hydrogen-bond donors (Lipinski definition) is 0. The molecule has 3 aromatic rings. The van der Waals surface area contributed by atoms with Gasteiger partial charge in [-0.15, -0.1) is 0 Å². The highest BCUT2D eigenvalue weighted by Crippen LogP contribution is 2.55. The van der Waals surface area contributed by atoms with Crippen molar-refractivity contribution in [2.24, 2.45) is 0 Å². The van der Waals surface area contributed by atoms with Crippen LogP contribution in [0.25, 0.3) is 0 Å². The normalized spacial score (nSPS) is 20.2. The lowest BCUT2D eigenvalue weighted by atomic mass is 9.77. The molecule has 1 unspecified atom stereocenters. The molecule has 0 aromatic heterocycles. The van der Waals surface area contributed by atoms with Crippen LogP contribution in [0.5, 0.6) is 17.2 Å². The van der Waals surface area contributed by atoms with Gasteiger partial charge in [0, 0.05) is 17.3 Å². The van der Waals surface area contributed by atoms with Gasteiger partial charge in [0.25, 0.3) is 0 Å². The Balaban J connectivity index is 1.43. The van der Waals surface area contributed by atoms with Crippen LogP contribution in [-0.2, 0) is 22.9 Å². The lowest BCUT2D eigenvalue weighted by Crippen LogP contribution is -2.42. The maximum atomic E-state index is 14.2. The minimum absolute atomic E-state index is 0.0545. The summed E-state index contributed by atoms with van der Waals surface area (Å²) in [6, 6.07) is 13.3. The highest BCUT2D eigenvalue weighted by molar-refractivity contribution is 6.11. The molecule has 0 radical (unpaired) electrons. The van der Waals surface area contributed by atoms with Crippen LogP contribution < -0.4 is 19.1 Å². The van der Waals surface area contributed by atoms with Crippen molar-refractivity contribution in [2.75, 3.05) is 18.3 Å². The zero-order valence-electron chi connectivity index (χ0n) is 16.9. The molecule has 3 aromatic carbocycles. The van der Waals surface area contributed by atoms with E-state index < -0.39 is 23.0 Å². The van der Waals surface area contributed by atoms with Gasteiger partial charge in [-0.25, -0.2) is 4.39 Å². The minimum Gasteiger partial charge on any atom is -0.491 e. The van der Waals surface area contributed by atoms with Crippen LogP contribution in [0.3, 0.4) is 0 Å². The van der Waals surface area contributed by atoms with E-state index in [1.54, 1.807) is 30.3 Å². The molecule has 6 rings (SSSR count). The number of hydrogen-bond acceptors (Lipinski definition) is 4. The third-order valence-electron chi connectivity index (χ3n) is 6.32. The number of para-hydroxylation sites is 1. The number of carbonyl (C=O) groups is 1. The number of fused-ring (bicyclic) bond motifs is 5. The van der Waals surface area contributed by atoms with Crippen molar-refractivity contribution in [2.45, 2.75) is 18.1 Å². The Bertz CT molecular complexity index is 1320. The van der Waals surface area contributed by atoms with E-state index in [4.69, 9.17) is 14.2 Å². The highest BCUT2D eigenvalue weighted by atomic mass is 19.4. The number of alkyl halides is 3. The van der Waals surface area contributed by atoms with Gasteiger partial charge in [0.1, 0.15) is 23.6 Å². The van der Waals surface area contributed by atoms with Gasteiger partial charge in [0.15, 0.2) is 11.5 Å². The largest absolute Gasteiger partial charge is 0.491 e. The molecule has 0 saturated carbocycles. The predicted octanol–water partition coefficient (Wildman–Crippen LogP) is 4.80. The number of anilines is 1. The van der Waals surface area contributed by atoms with Crippen molar-refractivity contribution in [3.63, 3.8) is 0 Å². The van der Waals surface area contributed by atoms with Crippen molar-refractivity contribution in [1.29, 1.82) is 0 Å². The van der Waals surface area contributed by atoms with E-state index in [0.717, 1.165) is 6.07 Å². The smallest absolute Gasteiger partial charge is 0.419 e. The molecule has 3 heterocycles. The summed E-state index contributed by atoms with van der Waals surface area (Å²) < 4.78 is 69.8. The van der Waals surface area contributed by atoms with Crippen molar-refractivity contribution in [3.05, 3.63) is 82.7 Å². The first-order chi connectivity index (χ1) is 15.8. The van der Waals surface area contributed by atoms with Crippen LogP contribution in [0.4, 0.5) is 23.2 Å². The fraction of sp³-hybridized carbons (Fsp3) is 0.208. The molecular weight excluding hydrogens is 442 g/mol. The first-order valence-corrected chi connectivity index (χ1v) is 10.1. The SMILES string of the molecule is O=C1N(Cc2ccc(C(F)(F)F)c(F)c2)c2ccccc2C12COc1cc3c(cc12)OCO3. The average molecular weight is 457 g/mol. The summed E-state index contributed by atoms with van der Waals surface area (Å²) in [7, 11) is 0. The summed E-state index contributed by atoms with van der Waals surface area (Å²) in [5, 5.41) is 0. The third-order valence-corrected chi connectivity index (χ3v) is 6.32. The van der Waals surface area contributed by atoms with Crippen LogP contribution in [0, 0.1) is 5.82 Å². The van der Waals surface area contributed by atoms with Crippen LogP contribution in [0.15, 0.2) is 54.6 Å². The summed E-state index contributed by atoms with van der Waals surface area (Å²) >= 11 is 0. The monoisotopic (exact) mass is 457 g/mol. The van der Waals surface area contributed by atoms with Crippen molar-refractivity contribution < 1.29 is 36.6 Å². The minimum atomic E-state index is -4.79. The second-order valence-corrected chi connectivity index (χ2v) is 8.12. The summed E-state index contributed by atoms with van der Waals surface area (Å²) in [5.74, 6) is -0.142. The summed E-state index contributed by atoms with van der Waals surface area (Å²) in [6.45, 7) is 0.0346. The quantitative estimate of drug-likeness (QED) is 0.519. The van der Waals surface area contributed by atoms with Gasteiger partial charge in [-0.2, -0.15) is 13.2 Å². The molecule has 3 aliphatic rings. The topological polar surface area (TPSA) is 48.0 Å². The van der Waals surface area contributed by atoms with E-state index >= 15 is 0 Å². The molecule has 3 aliphatic heterocycles. The lowest BCUT2D eigenvalue weighted by molar-refractivity contribution is -0.140. The maximum Gasteiger partial charge on any atom is 0.419 e. The summed E-state index contributed by atoms with van der Waals surface area (Å²) in [4.78, 5) is 15.3. The van der Waals surface area contributed by atoms with Crippen LogP contribution in [-0.4, -0.2) is 19.3 Å². The van der Waals surface area contributed by atoms with Gasteiger partial charge in [-0.1, -0.05) is 24.3 Å². The molecule has 9 heteroatoms. The second-order valence-electron chi connectivity index (χ2n) is 8.12. The van der Waals surface area contributed by atoms with Crippen LogP contribution in [0.2, 0.25) is 0 Å². The van der Waals surface area contributed by atoms with Crippen molar-refractivity contribution in [3.8, 4) is 17.2 Å². The fourth-order valence-corrected chi connectivity index (χ4v) is 4.79. The Morgan fingerprint density at radius 1 is 0.909 bits per heavy atom. The zero-order valence-corrected chi connectivity index (χ0v) is 16.9.